The second-order valence-corrected chi connectivity index (χ2v) is 8.76. The van der Waals surface area contributed by atoms with E-state index in [-0.39, 0.29) is 21.1 Å². The summed E-state index contributed by atoms with van der Waals surface area (Å²) in [5, 5.41) is 31.0. The Labute approximate surface area is 191 Å². The molecule has 0 fully saturated rings. The van der Waals surface area contributed by atoms with E-state index in [2.05, 4.69) is 15.8 Å². The van der Waals surface area contributed by atoms with Gasteiger partial charge in [-0.1, -0.05) is 30.3 Å². The van der Waals surface area contributed by atoms with Crippen LogP contribution in [0, 0.1) is 10.1 Å². The SMILES string of the molecule is CC(C)(C)OC(=O)NNC(=O)c1sc(-c2cc(O)c(O)c([N+](=O)[O-])c2)nc1-c1ccccc1. The summed E-state index contributed by atoms with van der Waals surface area (Å²) in [4.78, 5) is 39.6. The minimum atomic E-state index is -0.872. The predicted molar refractivity (Wildman–Crippen MR) is 120 cm³/mol. The molecule has 2 amide bonds. The Morgan fingerprint density at radius 3 is 2.36 bits per heavy atom. The number of carbonyl (C=O) groups is 2. The van der Waals surface area contributed by atoms with Gasteiger partial charge in [0, 0.05) is 17.2 Å². The van der Waals surface area contributed by atoms with Gasteiger partial charge in [0.05, 0.1) is 10.6 Å². The van der Waals surface area contributed by atoms with Crippen LogP contribution in [0.3, 0.4) is 0 Å². The van der Waals surface area contributed by atoms with Crippen molar-refractivity contribution in [3.05, 3.63) is 57.5 Å². The first-order chi connectivity index (χ1) is 15.5. The molecule has 0 bridgehead atoms. The van der Waals surface area contributed by atoms with Crippen molar-refractivity contribution in [2.75, 3.05) is 0 Å². The van der Waals surface area contributed by atoms with Crippen molar-refractivity contribution in [2.45, 2.75) is 26.4 Å². The molecule has 0 aliphatic rings. The molecule has 0 aliphatic heterocycles. The molecule has 2 aromatic carbocycles. The Morgan fingerprint density at radius 2 is 1.76 bits per heavy atom. The number of thiazole rings is 1. The van der Waals surface area contributed by atoms with Crippen LogP contribution in [0.5, 0.6) is 11.5 Å². The number of hydrogen-bond acceptors (Lipinski definition) is 9. The lowest BCUT2D eigenvalue weighted by Gasteiger charge is -2.19. The molecule has 11 nitrogen and oxygen atoms in total. The van der Waals surface area contributed by atoms with Crippen molar-refractivity contribution >= 4 is 29.0 Å². The lowest BCUT2D eigenvalue weighted by molar-refractivity contribution is -0.385. The third kappa shape index (κ3) is 5.54. The summed E-state index contributed by atoms with van der Waals surface area (Å²) in [5.41, 5.74) is 3.91. The molecule has 4 N–H and O–H groups in total. The minimum absolute atomic E-state index is 0.0995. The minimum Gasteiger partial charge on any atom is -0.504 e. The molecule has 12 heteroatoms. The summed E-state index contributed by atoms with van der Waals surface area (Å²) in [6.07, 6.45) is -0.860. The zero-order valence-corrected chi connectivity index (χ0v) is 18.6. The maximum absolute atomic E-state index is 12.8. The highest BCUT2D eigenvalue weighted by atomic mass is 32.1. The number of carbonyl (C=O) groups excluding carboxylic acids is 2. The number of benzene rings is 2. The smallest absolute Gasteiger partial charge is 0.426 e. The van der Waals surface area contributed by atoms with Gasteiger partial charge in [-0.05, 0) is 26.8 Å². The number of nitro benzene ring substituents is 1. The standard InChI is InChI=1S/C21H20N4O7S/c1-21(2,3)32-20(29)24-23-18(28)17-15(11-7-5-4-6-8-11)22-19(33-17)12-9-13(25(30)31)16(27)14(26)10-12/h4-10,26-27H,1-3H3,(H,23,28)(H,24,29). The van der Waals surface area contributed by atoms with Crippen LogP contribution in [0.2, 0.25) is 0 Å². The highest BCUT2D eigenvalue weighted by molar-refractivity contribution is 7.17. The average molecular weight is 472 g/mol. The number of phenols is 2. The maximum Gasteiger partial charge on any atom is 0.426 e. The summed E-state index contributed by atoms with van der Waals surface area (Å²) in [5.74, 6) is -2.27. The second kappa shape index (κ2) is 9.12. The number of nitrogens with one attached hydrogen (secondary N) is 2. The zero-order valence-electron chi connectivity index (χ0n) is 17.8. The monoisotopic (exact) mass is 472 g/mol. The Kier molecular flexibility index (Phi) is 6.49. The van der Waals surface area contributed by atoms with Crippen molar-refractivity contribution in [3.8, 4) is 33.3 Å². The van der Waals surface area contributed by atoms with Crippen LogP contribution in [0.15, 0.2) is 42.5 Å². The number of aromatic hydroxyl groups is 2. The Bertz CT molecular complexity index is 1220. The van der Waals surface area contributed by atoms with E-state index in [0.717, 1.165) is 23.5 Å². The number of aromatic nitrogens is 1. The van der Waals surface area contributed by atoms with Crippen LogP contribution in [-0.4, -0.2) is 37.7 Å². The van der Waals surface area contributed by atoms with Gasteiger partial charge in [-0.2, -0.15) is 0 Å². The van der Waals surface area contributed by atoms with Crippen LogP contribution < -0.4 is 10.9 Å². The van der Waals surface area contributed by atoms with Crippen molar-refractivity contribution in [2.24, 2.45) is 0 Å². The topological polar surface area (TPSA) is 164 Å². The number of nitro groups is 1. The van der Waals surface area contributed by atoms with E-state index >= 15 is 0 Å². The number of hydrogen-bond donors (Lipinski definition) is 4. The molecule has 0 aliphatic carbocycles. The number of nitrogens with zero attached hydrogens (tertiary/aromatic N) is 2. The zero-order chi connectivity index (χ0) is 24.3. The van der Waals surface area contributed by atoms with Crippen LogP contribution in [0.1, 0.15) is 30.4 Å². The normalized spacial score (nSPS) is 11.0. The second-order valence-electron chi connectivity index (χ2n) is 7.76. The molecule has 172 valence electrons. The number of hydrazine groups is 1. The van der Waals surface area contributed by atoms with Crippen LogP contribution in [-0.2, 0) is 4.74 Å². The Balaban J connectivity index is 2.00. The molecule has 0 spiro atoms. The van der Waals surface area contributed by atoms with Crippen LogP contribution in [0.4, 0.5) is 10.5 Å². The molecular formula is C21H20N4O7S. The number of amides is 2. The van der Waals surface area contributed by atoms with E-state index in [0.29, 0.717) is 5.56 Å². The fraction of sp³-hybridized carbons (Fsp3) is 0.190. The van der Waals surface area contributed by atoms with Crippen molar-refractivity contribution in [1.29, 1.82) is 0 Å². The highest BCUT2D eigenvalue weighted by Crippen LogP contribution is 2.42. The summed E-state index contributed by atoms with van der Waals surface area (Å²) >= 11 is 0.885. The van der Waals surface area contributed by atoms with Gasteiger partial charge in [0.1, 0.15) is 15.5 Å². The highest BCUT2D eigenvalue weighted by Gasteiger charge is 2.25. The maximum atomic E-state index is 12.8. The Hall–Kier alpha value is -4.19. The molecule has 33 heavy (non-hydrogen) atoms. The van der Waals surface area contributed by atoms with Gasteiger partial charge in [0.25, 0.3) is 5.91 Å². The number of rotatable bonds is 4. The van der Waals surface area contributed by atoms with Gasteiger partial charge < -0.3 is 14.9 Å². The quantitative estimate of drug-likeness (QED) is 0.252. The lowest BCUT2D eigenvalue weighted by atomic mass is 10.1. The summed E-state index contributed by atoms with van der Waals surface area (Å²) < 4.78 is 5.08. The molecule has 0 saturated carbocycles. The van der Waals surface area contributed by atoms with E-state index in [9.17, 15) is 29.9 Å². The van der Waals surface area contributed by atoms with E-state index in [4.69, 9.17) is 4.74 Å². The van der Waals surface area contributed by atoms with Gasteiger partial charge in [-0.25, -0.2) is 15.2 Å². The van der Waals surface area contributed by atoms with E-state index in [1.165, 1.54) is 0 Å². The summed E-state index contributed by atoms with van der Waals surface area (Å²) in [6.45, 7) is 5.01. The van der Waals surface area contributed by atoms with Gasteiger partial charge in [0.15, 0.2) is 5.75 Å². The fourth-order valence-electron chi connectivity index (χ4n) is 2.72. The van der Waals surface area contributed by atoms with Crippen LogP contribution in [0.25, 0.3) is 21.8 Å². The lowest BCUT2D eigenvalue weighted by Crippen LogP contribution is -2.44. The molecule has 0 radical (unpaired) electrons. The van der Waals surface area contributed by atoms with Crippen molar-refractivity contribution < 1.29 is 29.5 Å². The third-order valence-corrected chi connectivity index (χ3v) is 5.17. The molecule has 3 aromatic rings. The molecule has 0 unspecified atom stereocenters. The summed E-state index contributed by atoms with van der Waals surface area (Å²) in [7, 11) is 0. The first kappa shape index (κ1) is 23.5. The van der Waals surface area contributed by atoms with Gasteiger partial charge >= 0.3 is 11.8 Å². The number of ether oxygens (including phenoxy) is 1. The van der Waals surface area contributed by atoms with E-state index < -0.39 is 39.7 Å². The molecular weight excluding hydrogens is 452 g/mol. The largest absolute Gasteiger partial charge is 0.504 e. The van der Waals surface area contributed by atoms with Gasteiger partial charge in [-0.15, -0.1) is 11.3 Å². The predicted octanol–water partition coefficient (Wildman–Crippen LogP) is 3.97. The molecule has 0 atom stereocenters. The summed E-state index contributed by atoms with van der Waals surface area (Å²) in [6, 6.07) is 10.8. The first-order valence-electron chi connectivity index (χ1n) is 9.52. The number of phenolic OH excluding ortho intramolecular Hbond substituents is 2. The van der Waals surface area contributed by atoms with E-state index in [1.54, 1.807) is 51.1 Å². The van der Waals surface area contributed by atoms with Gasteiger partial charge in [0.2, 0.25) is 5.75 Å². The molecule has 1 heterocycles. The fourth-order valence-corrected chi connectivity index (χ4v) is 3.69. The van der Waals surface area contributed by atoms with E-state index in [1.807, 2.05) is 0 Å². The van der Waals surface area contributed by atoms with Crippen LogP contribution >= 0.6 is 11.3 Å². The third-order valence-electron chi connectivity index (χ3n) is 4.07. The average Bonchev–Trinajstić information content (AvgIpc) is 3.18. The van der Waals surface area contributed by atoms with Crippen molar-refractivity contribution in [3.63, 3.8) is 0 Å². The molecule has 1 aromatic heterocycles. The van der Waals surface area contributed by atoms with Gasteiger partial charge in [-0.3, -0.25) is 20.3 Å². The Morgan fingerprint density at radius 1 is 1.09 bits per heavy atom. The van der Waals surface area contributed by atoms with Crippen molar-refractivity contribution in [1.82, 2.24) is 15.8 Å². The molecule has 3 rings (SSSR count). The molecule has 0 saturated heterocycles. The first-order valence-corrected chi connectivity index (χ1v) is 10.3.